The first-order chi connectivity index (χ1) is 13.7. The third-order valence-electron chi connectivity index (χ3n) is 4.16. The number of nitrogens with one attached hydrogen (secondary N) is 1. The largest absolute Gasteiger partial charge is 0.487 e. The maximum atomic E-state index is 11.1. The highest BCUT2D eigenvalue weighted by Crippen LogP contribution is 2.22. The zero-order valence-electron chi connectivity index (χ0n) is 14.7. The number of carboxylic acid groups (broad SMARTS) is 1. The van der Waals surface area contributed by atoms with Gasteiger partial charge in [0, 0.05) is 24.2 Å². The number of benzene rings is 1. The Hall–Kier alpha value is -4.00. The molecule has 28 heavy (non-hydrogen) atoms. The van der Waals surface area contributed by atoms with Crippen LogP contribution in [0, 0.1) is 0 Å². The number of aromatic amines is 1. The molecule has 1 aromatic carbocycles. The molecule has 0 unspecified atom stereocenters. The van der Waals surface area contributed by atoms with Gasteiger partial charge in [-0.15, -0.1) is 0 Å². The molecule has 0 atom stereocenters. The van der Waals surface area contributed by atoms with Gasteiger partial charge in [0.2, 0.25) is 0 Å². The molecule has 0 aliphatic carbocycles. The van der Waals surface area contributed by atoms with Gasteiger partial charge in [-0.1, -0.05) is 18.2 Å². The molecule has 0 aliphatic heterocycles. The van der Waals surface area contributed by atoms with E-state index in [9.17, 15) is 4.79 Å². The molecule has 0 spiro atoms. The number of nitrogens with zero attached hydrogens (tertiary/aromatic N) is 3. The van der Waals surface area contributed by atoms with Gasteiger partial charge in [0.25, 0.3) is 0 Å². The van der Waals surface area contributed by atoms with Crippen molar-refractivity contribution in [3.63, 3.8) is 0 Å². The number of H-pyrrole nitrogens is 1. The van der Waals surface area contributed by atoms with E-state index >= 15 is 0 Å². The zero-order chi connectivity index (χ0) is 19.3. The van der Waals surface area contributed by atoms with Crippen molar-refractivity contribution in [3.05, 3.63) is 84.4 Å². The van der Waals surface area contributed by atoms with E-state index in [2.05, 4.69) is 20.2 Å². The van der Waals surface area contributed by atoms with Crippen LogP contribution in [0.2, 0.25) is 0 Å². The number of hydrogen-bond donors (Lipinski definition) is 2. The monoisotopic (exact) mass is 372 g/mol. The first kappa shape index (κ1) is 17.4. The van der Waals surface area contributed by atoms with Gasteiger partial charge in [-0.25, -0.2) is 4.79 Å². The molecular weight excluding hydrogens is 356 g/mol. The molecule has 0 saturated carbocycles. The summed E-state index contributed by atoms with van der Waals surface area (Å²) in [4.78, 5) is 19.5. The first-order valence-electron chi connectivity index (χ1n) is 8.55. The molecule has 0 radical (unpaired) electrons. The molecule has 0 fully saturated rings. The third-order valence-corrected chi connectivity index (χ3v) is 4.16. The lowest BCUT2D eigenvalue weighted by molar-refractivity contribution is 0.0696. The Morgan fingerprint density at radius 1 is 1.04 bits per heavy atom. The van der Waals surface area contributed by atoms with Crippen LogP contribution >= 0.6 is 0 Å². The van der Waals surface area contributed by atoms with Crippen LogP contribution in [0.1, 0.15) is 15.9 Å². The zero-order valence-corrected chi connectivity index (χ0v) is 14.7. The standard InChI is InChI=1S/C21H16N4O3/c26-21(27)17-9-16(10-22-11-17)15-3-1-2-14(8-15)13-28-18-4-5-19(23-12-18)20-6-7-24-25-20/h1-12H,13H2,(H,24,25)(H,26,27). The maximum absolute atomic E-state index is 11.1. The fraction of sp³-hybridized carbons (Fsp3) is 0.0476. The Bertz CT molecular complexity index is 1090. The number of aromatic carboxylic acids is 1. The SMILES string of the molecule is O=C(O)c1cncc(-c2cccc(COc3ccc(-c4ccn[nH]4)nc3)c2)c1. The minimum absolute atomic E-state index is 0.155. The van der Waals surface area contributed by atoms with E-state index in [0.29, 0.717) is 12.4 Å². The number of rotatable bonds is 6. The van der Waals surface area contributed by atoms with Gasteiger partial charge in [-0.3, -0.25) is 15.1 Å². The van der Waals surface area contributed by atoms with Crippen molar-refractivity contribution in [1.29, 1.82) is 0 Å². The summed E-state index contributed by atoms with van der Waals surface area (Å²) in [7, 11) is 0. The lowest BCUT2D eigenvalue weighted by Crippen LogP contribution is -1.98. The molecule has 3 heterocycles. The number of carbonyl (C=O) groups is 1. The Morgan fingerprint density at radius 2 is 1.96 bits per heavy atom. The topological polar surface area (TPSA) is 101 Å². The lowest BCUT2D eigenvalue weighted by atomic mass is 10.0. The fourth-order valence-electron chi connectivity index (χ4n) is 2.75. The second-order valence-electron chi connectivity index (χ2n) is 6.11. The van der Waals surface area contributed by atoms with Gasteiger partial charge in [-0.05, 0) is 41.5 Å². The van der Waals surface area contributed by atoms with Gasteiger partial charge in [0.05, 0.1) is 23.1 Å². The van der Waals surface area contributed by atoms with E-state index in [1.54, 1.807) is 24.7 Å². The van der Waals surface area contributed by atoms with Crippen LogP contribution in [0.4, 0.5) is 0 Å². The second-order valence-corrected chi connectivity index (χ2v) is 6.11. The average molecular weight is 372 g/mol. The summed E-state index contributed by atoms with van der Waals surface area (Å²) in [6, 6.07) is 14.9. The molecule has 0 amide bonds. The van der Waals surface area contributed by atoms with Crippen molar-refractivity contribution in [1.82, 2.24) is 20.2 Å². The Kier molecular flexibility index (Phi) is 4.79. The lowest BCUT2D eigenvalue weighted by Gasteiger charge is -2.09. The number of hydrogen-bond acceptors (Lipinski definition) is 5. The normalized spacial score (nSPS) is 10.6. The highest BCUT2D eigenvalue weighted by atomic mass is 16.5. The minimum atomic E-state index is -1.00. The summed E-state index contributed by atoms with van der Waals surface area (Å²) in [6.07, 6.45) is 6.32. The van der Waals surface area contributed by atoms with Crippen LogP contribution < -0.4 is 4.74 Å². The van der Waals surface area contributed by atoms with E-state index in [-0.39, 0.29) is 5.56 Å². The van der Waals surface area contributed by atoms with Crippen molar-refractivity contribution in [2.24, 2.45) is 0 Å². The summed E-state index contributed by atoms with van der Waals surface area (Å²) < 4.78 is 5.82. The first-order valence-corrected chi connectivity index (χ1v) is 8.55. The number of pyridine rings is 2. The van der Waals surface area contributed by atoms with Gasteiger partial charge < -0.3 is 9.84 Å². The molecule has 7 nitrogen and oxygen atoms in total. The van der Waals surface area contributed by atoms with E-state index in [1.807, 2.05) is 42.5 Å². The molecule has 7 heteroatoms. The van der Waals surface area contributed by atoms with Crippen LogP contribution in [0.3, 0.4) is 0 Å². The average Bonchev–Trinajstić information content (AvgIpc) is 3.28. The van der Waals surface area contributed by atoms with E-state index in [0.717, 1.165) is 28.1 Å². The van der Waals surface area contributed by atoms with E-state index in [4.69, 9.17) is 9.84 Å². The molecule has 138 valence electrons. The number of aromatic nitrogens is 4. The van der Waals surface area contributed by atoms with Crippen molar-refractivity contribution in [2.45, 2.75) is 6.61 Å². The molecule has 4 rings (SSSR count). The molecule has 0 saturated heterocycles. The van der Waals surface area contributed by atoms with E-state index in [1.165, 1.54) is 6.20 Å². The summed E-state index contributed by atoms with van der Waals surface area (Å²) in [5, 5.41) is 15.9. The smallest absolute Gasteiger partial charge is 0.337 e. The third kappa shape index (κ3) is 3.88. The van der Waals surface area contributed by atoms with Gasteiger partial charge >= 0.3 is 5.97 Å². The Morgan fingerprint density at radius 3 is 2.71 bits per heavy atom. The van der Waals surface area contributed by atoms with Crippen molar-refractivity contribution >= 4 is 5.97 Å². The highest BCUT2D eigenvalue weighted by molar-refractivity contribution is 5.88. The van der Waals surface area contributed by atoms with Crippen LogP contribution in [0.15, 0.2) is 73.3 Å². The summed E-state index contributed by atoms with van der Waals surface area (Å²) in [5.74, 6) is -0.344. The van der Waals surface area contributed by atoms with E-state index < -0.39 is 5.97 Å². The molecule has 3 aromatic heterocycles. The van der Waals surface area contributed by atoms with Crippen molar-refractivity contribution in [3.8, 4) is 28.3 Å². The maximum Gasteiger partial charge on any atom is 0.337 e. The predicted octanol–water partition coefficient (Wildman–Crippen LogP) is 3.81. The quantitative estimate of drug-likeness (QED) is 0.534. The van der Waals surface area contributed by atoms with Gasteiger partial charge in [0.15, 0.2) is 0 Å². The Balaban J connectivity index is 1.47. The highest BCUT2D eigenvalue weighted by Gasteiger charge is 2.07. The van der Waals surface area contributed by atoms with Crippen LogP contribution in [-0.2, 0) is 6.61 Å². The Labute approximate surface area is 160 Å². The minimum Gasteiger partial charge on any atom is -0.487 e. The molecule has 2 N–H and O–H groups in total. The fourth-order valence-corrected chi connectivity index (χ4v) is 2.75. The molecule has 4 aromatic rings. The van der Waals surface area contributed by atoms with Crippen LogP contribution in [-0.4, -0.2) is 31.2 Å². The summed E-state index contributed by atoms with van der Waals surface area (Å²) in [6.45, 7) is 0.366. The van der Waals surface area contributed by atoms with Crippen LogP contribution in [0.25, 0.3) is 22.5 Å². The van der Waals surface area contributed by atoms with Crippen LogP contribution in [0.5, 0.6) is 5.75 Å². The second kappa shape index (κ2) is 7.71. The predicted molar refractivity (Wildman–Crippen MR) is 103 cm³/mol. The summed E-state index contributed by atoms with van der Waals surface area (Å²) in [5.41, 5.74) is 4.37. The molecular formula is C21H16N4O3. The molecule has 0 aliphatic rings. The number of ether oxygens (including phenoxy) is 1. The summed E-state index contributed by atoms with van der Waals surface area (Å²) >= 11 is 0. The van der Waals surface area contributed by atoms with Gasteiger partial charge in [0.1, 0.15) is 12.4 Å². The number of carboxylic acids is 1. The van der Waals surface area contributed by atoms with Crippen molar-refractivity contribution < 1.29 is 14.6 Å². The van der Waals surface area contributed by atoms with Gasteiger partial charge in [-0.2, -0.15) is 5.10 Å². The molecule has 0 bridgehead atoms. The van der Waals surface area contributed by atoms with Crippen molar-refractivity contribution in [2.75, 3.05) is 0 Å².